The van der Waals surface area contributed by atoms with Gasteiger partial charge in [0.05, 0.1) is 39.5 Å². The first-order valence-electron chi connectivity index (χ1n) is 8.80. The van der Waals surface area contributed by atoms with E-state index in [-0.39, 0.29) is 49.9 Å². The van der Waals surface area contributed by atoms with Crippen LogP contribution >= 0.6 is 23.2 Å². The second-order valence-corrected chi connectivity index (χ2v) is 7.28. The van der Waals surface area contributed by atoms with Crippen molar-refractivity contribution in [1.29, 1.82) is 5.26 Å². The molecule has 0 aliphatic rings. The molecule has 0 bridgehead atoms. The third kappa shape index (κ3) is 3.48. The molecule has 0 fully saturated rings. The fourth-order valence-corrected chi connectivity index (χ4v) is 3.54. The summed E-state index contributed by atoms with van der Waals surface area (Å²) in [6.07, 6.45) is 2.89. The van der Waals surface area contributed by atoms with Gasteiger partial charge in [-0.3, -0.25) is 4.79 Å². The van der Waals surface area contributed by atoms with Crippen LogP contribution in [0.3, 0.4) is 0 Å². The summed E-state index contributed by atoms with van der Waals surface area (Å²) >= 11 is 12.6. The van der Waals surface area contributed by atoms with Crippen molar-refractivity contribution in [2.24, 2.45) is 0 Å². The highest BCUT2D eigenvalue weighted by molar-refractivity contribution is 6.39. The van der Waals surface area contributed by atoms with Gasteiger partial charge in [0.15, 0.2) is 5.82 Å². The highest BCUT2D eigenvalue weighted by atomic mass is 35.5. The standard InChI is InChI=1S/C18H14Cl2N10O/c1-7(26-15-8(4-21)14(22)28-18(23)29-15)16-27-13-10(20)3-2-9(19)12(13)17(31)30(16)11-5-24-6-25-11/h2-3,5-7H,1H3,(H,24,25)(H5,22,23,26,28,29). The van der Waals surface area contributed by atoms with Crippen LogP contribution in [-0.4, -0.2) is 29.5 Å². The Bertz CT molecular complexity index is 1410. The van der Waals surface area contributed by atoms with E-state index in [1.54, 1.807) is 13.0 Å². The van der Waals surface area contributed by atoms with Crippen LogP contribution in [0.5, 0.6) is 0 Å². The number of nitrogen functional groups attached to an aromatic ring is 2. The number of nitrogens with one attached hydrogen (secondary N) is 2. The quantitative estimate of drug-likeness (QED) is 0.358. The first kappa shape index (κ1) is 20.4. The molecule has 0 spiro atoms. The molecule has 0 aliphatic heterocycles. The number of benzene rings is 1. The molecule has 31 heavy (non-hydrogen) atoms. The Balaban J connectivity index is 1.96. The van der Waals surface area contributed by atoms with E-state index in [0.717, 1.165) is 0 Å². The molecule has 156 valence electrons. The van der Waals surface area contributed by atoms with Gasteiger partial charge >= 0.3 is 0 Å². The zero-order valence-electron chi connectivity index (χ0n) is 15.9. The number of nitrogens with zero attached hydrogens (tertiary/aromatic N) is 6. The minimum Gasteiger partial charge on any atom is -0.382 e. The number of halogens is 2. The summed E-state index contributed by atoms with van der Waals surface area (Å²) in [5, 5.41) is 13.1. The predicted octanol–water partition coefficient (Wildman–Crippen LogP) is 2.41. The van der Waals surface area contributed by atoms with Crippen molar-refractivity contribution >= 4 is 51.7 Å². The molecule has 0 saturated heterocycles. The van der Waals surface area contributed by atoms with E-state index >= 15 is 0 Å². The second kappa shape index (κ2) is 7.75. The fourth-order valence-electron chi connectivity index (χ4n) is 3.11. The summed E-state index contributed by atoms with van der Waals surface area (Å²) in [7, 11) is 0. The highest BCUT2D eigenvalue weighted by Crippen LogP contribution is 2.29. The zero-order chi connectivity index (χ0) is 22.3. The molecule has 0 aliphatic carbocycles. The van der Waals surface area contributed by atoms with Gasteiger partial charge < -0.3 is 21.8 Å². The summed E-state index contributed by atoms with van der Waals surface area (Å²) in [5.41, 5.74) is 11.2. The Morgan fingerprint density at radius 1 is 1.23 bits per heavy atom. The maximum absolute atomic E-state index is 13.4. The lowest BCUT2D eigenvalue weighted by Gasteiger charge is -2.20. The Morgan fingerprint density at radius 3 is 2.65 bits per heavy atom. The van der Waals surface area contributed by atoms with Crippen LogP contribution < -0.4 is 22.3 Å². The molecule has 3 aromatic heterocycles. The average Bonchev–Trinajstić information content (AvgIpc) is 3.24. The van der Waals surface area contributed by atoms with Gasteiger partial charge in [-0.25, -0.2) is 14.5 Å². The molecule has 0 amide bonds. The summed E-state index contributed by atoms with van der Waals surface area (Å²) in [4.78, 5) is 32.7. The third-order valence-corrected chi connectivity index (χ3v) is 5.10. The van der Waals surface area contributed by atoms with Gasteiger partial charge in [-0.2, -0.15) is 15.2 Å². The maximum atomic E-state index is 13.4. The van der Waals surface area contributed by atoms with E-state index in [0.29, 0.717) is 5.82 Å². The molecule has 4 aromatic rings. The van der Waals surface area contributed by atoms with Gasteiger partial charge in [0.1, 0.15) is 29.1 Å². The summed E-state index contributed by atoms with van der Waals surface area (Å²) in [5.74, 6) is 0.532. The maximum Gasteiger partial charge on any atom is 0.268 e. The monoisotopic (exact) mass is 456 g/mol. The van der Waals surface area contributed by atoms with Gasteiger partial charge in [-0.05, 0) is 19.1 Å². The van der Waals surface area contributed by atoms with Crippen molar-refractivity contribution in [2.45, 2.75) is 13.0 Å². The summed E-state index contributed by atoms with van der Waals surface area (Å²) in [6, 6.07) is 4.36. The molecule has 0 radical (unpaired) electrons. The summed E-state index contributed by atoms with van der Waals surface area (Å²) in [6.45, 7) is 1.72. The molecule has 1 unspecified atom stereocenters. The van der Waals surface area contributed by atoms with Crippen LogP contribution in [0.4, 0.5) is 17.6 Å². The van der Waals surface area contributed by atoms with Gasteiger partial charge in [-0.1, -0.05) is 23.2 Å². The Morgan fingerprint density at radius 2 is 1.97 bits per heavy atom. The smallest absolute Gasteiger partial charge is 0.268 e. The lowest BCUT2D eigenvalue weighted by Crippen LogP contribution is -2.28. The second-order valence-electron chi connectivity index (χ2n) is 6.47. The van der Waals surface area contributed by atoms with Gasteiger partial charge in [0, 0.05) is 0 Å². The van der Waals surface area contributed by atoms with Crippen LogP contribution in [-0.2, 0) is 0 Å². The number of H-pyrrole nitrogens is 1. The fraction of sp³-hybridized carbons (Fsp3) is 0.111. The molecule has 1 aromatic carbocycles. The van der Waals surface area contributed by atoms with E-state index in [2.05, 4.69) is 30.2 Å². The Hall–Kier alpha value is -3.88. The van der Waals surface area contributed by atoms with Crippen molar-refractivity contribution in [3.05, 3.63) is 56.4 Å². The number of aromatic nitrogens is 6. The molecular weight excluding hydrogens is 443 g/mol. The largest absolute Gasteiger partial charge is 0.382 e. The number of hydrogen-bond acceptors (Lipinski definition) is 9. The number of aromatic amines is 1. The van der Waals surface area contributed by atoms with Crippen molar-refractivity contribution in [2.75, 3.05) is 16.8 Å². The van der Waals surface area contributed by atoms with E-state index in [9.17, 15) is 10.1 Å². The Labute approximate surface area is 184 Å². The van der Waals surface area contributed by atoms with Crippen LogP contribution in [0.15, 0.2) is 29.5 Å². The van der Waals surface area contributed by atoms with Crippen molar-refractivity contribution < 1.29 is 0 Å². The average molecular weight is 457 g/mol. The van der Waals surface area contributed by atoms with Gasteiger partial charge in [-0.15, -0.1) is 0 Å². The number of rotatable bonds is 4. The first-order chi connectivity index (χ1) is 14.8. The number of nitriles is 1. The van der Waals surface area contributed by atoms with Crippen molar-refractivity contribution in [3.8, 4) is 11.9 Å². The van der Waals surface area contributed by atoms with Crippen LogP contribution in [0.25, 0.3) is 16.7 Å². The highest BCUT2D eigenvalue weighted by Gasteiger charge is 2.23. The topological polar surface area (TPSA) is 177 Å². The van der Waals surface area contributed by atoms with Crippen molar-refractivity contribution in [3.63, 3.8) is 0 Å². The van der Waals surface area contributed by atoms with E-state index in [4.69, 9.17) is 34.7 Å². The molecule has 3 heterocycles. The third-order valence-electron chi connectivity index (χ3n) is 4.48. The van der Waals surface area contributed by atoms with E-state index < -0.39 is 11.6 Å². The van der Waals surface area contributed by atoms with Crippen LogP contribution in [0.2, 0.25) is 10.0 Å². The molecule has 1 atom stereocenters. The Kier molecular flexibility index (Phi) is 5.10. The number of hydrogen-bond donors (Lipinski definition) is 4. The minimum atomic E-state index is -0.656. The molecule has 6 N–H and O–H groups in total. The minimum absolute atomic E-state index is 0.0124. The first-order valence-corrected chi connectivity index (χ1v) is 9.56. The molecule has 11 nitrogen and oxygen atoms in total. The van der Waals surface area contributed by atoms with Gasteiger partial charge in [0.25, 0.3) is 5.56 Å². The van der Waals surface area contributed by atoms with Crippen LogP contribution in [0.1, 0.15) is 24.4 Å². The lowest BCUT2D eigenvalue weighted by atomic mass is 10.2. The number of nitrogens with two attached hydrogens (primary N) is 2. The van der Waals surface area contributed by atoms with E-state index in [1.807, 2.05) is 6.07 Å². The molecular formula is C18H14Cl2N10O. The number of fused-ring (bicyclic) bond motifs is 1. The SMILES string of the molecule is CC(Nc1nc(N)nc(N)c1C#N)c1nc2c(Cl)ccc(Cl)c2c(=O)n1-c1cnc[nH]1. The number of anilines is 3. The molecule has 4 rings (SSSR count). The summed E-state index contributed by atoms with van der Waals surface area (Å²) < 4.78 is 1.31. The van der Waals surface area contributed by atoms with Gasteiger partial charge in [0.2, 0.25) is 5.95 Å². The zero-order valence-corrected chi connectivity index (χ0v) is 17.4. The van der Waals surface area contributed by atoms with E-state index in [1.165, 1.54) is 23.2 Å². The van der Waals surface area contributed by atoms with Crippen LogP contribution in [0, 0.1) is 11.3 Å². The predicted molar refractivity (Wildman–Crippen MR) is 117 cm³/mol. The molecule has 13 heteroatoms. The lowest BCUT2D eigenvalue weighted by molar-refractivity contribution is 0.723. The van der Waals surface area contributed by atoms with Crippen molar-refractivity contribution in [1.82, 2.24) is 29.5 Å². The number of imidazole rings is 1. The molecule has 0 saturated carbocycles. The normalized spacial score (nSPS) is 11.9.